The smallest absolute Gasteiger partial charge is 0.382 e. The highest BCUT2D eigenvalue weighted by Crippen LogP contribution is 2.55. The molecule has 2 fully saturated rings. The molecule has 10 heteroatoms. The van der Waals surface area contributed by atoms with E-state index < -0.39 is 12.2 Å². The van der Waals surface area contributed by atoms with E-state index in [-0.39, 0.29) is 16.2 Å². The van der Waals surface area contributed by atoms with Crippen molar-refractivity contribution in [2.75, 3.05) is 52.6 Å². The minimum absolute atomic E-state index is 0.188. The van der Waals surface area contributed by atoms with E-state index in [0.717, 1.165) is 111 Å². The van der Waals surface area contributed by atoms with Gasteiger partial charge in [0.15, 0.2) is 0 Å². The van der Waals surface area contributed by atoms with E-state index in [1.165, 1.54) is 11.1 Å². The summed E-state index contributed by atoms with van der Waals surface area (Å²) in [6.45, 7) is 21.1. The lowest BCUT2D eigenvalue weighted by Gasteiger charge is -2.33. The minimum Gasteiger partial charge on any atom is -0.382 e. The molecular weight excluding hydrogens is 717 g/mol. The molecular formula is C47H70N4O6. The van der Waals surface area contributed by atoms with Gasteiger partial charge in [-0.15, -0.1) is 0 Å². The van der Waals surface area contributed by atoms with Crippen molar-refractivity contribution in [1.29, 1.82) is 0 Å². The molecule has 0 aliphatic heterocycles. The molecule has 2 saturated carbocycles. The number of hydrogen-bond acceptors (Lipinski definition) is 8. The van der Waals surface area contributed by atoms with E-state index in [2.05, 4.69) is 50.2 Å². The first kappa shape index (κ1) is 44.3. The largest absolute Gasteiger partial charge is 0.435 e. The number of oxime groups is 2. The van der Waals surface area contributed by atoms with Crippen LogP contribution in [0.1, 0.15) is 155 Å². The number of hydrogen-bond donors (Lipinski definition) is 0. The van der Waals surface area contributed by atoms with Crippen LogP contribution in [0, 0.1) is 10.8 Å². The Hall–Kier alpha value is -3.76. The molecule has 5 rings (SSSR count). The van der Waals surface area contributed by atoms with Crippen LogP contribution in [0.4, 0.5) is 9.59 Å². The molecule has 57 heavy (non-hydrogen) atoms. The van der Waals surface area contributed by atoms with Gasteiger partial charge < -0.3 is 19.3 Å². The molecule has 0 unspecified atom stereocenters. The van der Waals surface area contributed by atoms with Crippen molar-refractivity contribution >= 4 is 23.6 Å². The van der Waals surface area contributed by atoms with Crippen molar-refractivity contribution in [2.24, 2.45) is 21.1 Å². The van der Waals surface area contributed by atoms with Crippen molar-refractivity contribution in [3.63, 3.8) is 0 Å². The Balaban J connectivity index is 1.73. The maximum Gasteiger partial charge on any atom is 0.435 e. The van der Waals surface area contributed by atoms with E-state index in [1.54, 1.807) is 9.80 Å². The lowest BCUT2D eigenvalue weighted by molar-refractivity contribution is 0.105. The molecule has 0 N–H and O–H groups in total. The summed E-state index contributed by atoms with van der Waals surface area (Å²) in [5.41, 5.74) is 7.71. The number of amides is 2. The van der Waals surface area contributed by atoms with Crippen LogP contribution in [0.2, 0.25) is 0 Å². The third-order valence-electron chi connectivity index (χ3n) is 13.6. The SMILES string of the molecule is CCOCCC1(CCOCC)c2ccc(/C(=N/OC(=O)N(CC)CC)C3(CC)CCCC3)cc2-c2cc(/C(=N/OC(=O)N(CC)CC)C3(CC)CCCC3)ccc21. The lowest BCUT2D eigenvalue weighted by atomic mass is 9.71. The van der Waals surface area contributed by atoms with Crippen LogP contribution in [0.3, 0.4) is 0 Å². The second-order valence-corrected chi connectivity index (χ2v) is 16.1. The fourth-order valence-electron chi connectivity index (χ4n) is 10.0. The van der Waals surface area contributed by atoms with Crippen LogP contribution in [-0.4, -0.2) is 86.0 Å². The Bertz CT molecular complexity index is 1590. The topological polar surface area (TPSA) is 102 Å². The molecule has 2 aromatic rings. The number of benzene rings is 2. The van der Waals surface area contributed by atoms with Crippen molar-refractivity contribution in [3.05, 3.63) is 58.7 Å². The number of rotatable bonds is 20. The molecule has 0 spiro atoms. The monoisotopic (exact) mass is 787 g/mol. The van der Waals surface area contributed by atoms with Gasteiger partial charge in [-0.1, -0.05) is 74.1 Å². The zero-order valence-electron chi connectivity index (χ0n) is 36.3. The third kappa shape index (κ3) is 9.12. The third-order valence-corrected chi connectivity index (χ3v) is 13.6. The molecule has 10 nitrogen and oxygen atoms in total. The minimum atomic E-state index is -0.422. The van der Waals surface area contributed by atoms with Crippen molar-refractivity contribution in [2.45, 2.75) is 138 Å². The van der Waals surface area contributed by atoms with Crippen molar-refractivity contribution < 1.29 is 28.7 Å². The number of ether oxygens (including phenoxy) is 2. The van der Waals surface area contributed by atoms with E-state index in [9.17, 15) is 9.59 Å². The first-order chi connectivity index (χ1) is 27.7. The van der Waals surface area contributed by atoms with E-state index in [0.29, 0.717) is 52.6 Å². The summed E-state index contributed by atoms with van der Waals surface area (Å²) in [7, 11) is 0. The zero-order valence-corrected chi connectivity index (χ0v) is 36.3. The van der Waals surface area contributed by atoms with Crippen LogP contribution < -0.4 is 0 Å². The molecule has 0 heterocycles. The number of carbonyl (C=O) groups excluding carboxylic acids is 2. The van der Waals surface area contributed by atoms with Crippen LogP contribution in [0.5, 0.6) is 0 Å². The number of nitrogens with zero attached hydrogens (tertiary/aromatic N) is 4. The quantitative estimate of drug-likeness (QED) is 0.0573. The Morgan fingerprint density at radius 3 is 1.26 bits per heavy atom. The van der Waals surface area contributed by atoms with E-state index >= 15 is 0 Å². The maximum atomic E-state index is 13.2. The molecule has 0 atom stereocenters. The van der Waals surface area contributed by atoms with Crippen LogP contribution >= 0.6 is 0 Å². The van der Waals surface area contributed by atoms with Crippen molar-refractivity contribution in [1.82, 2.24) is 9.80 Å². The van der Waals surface area contributed by atoms with Crippen molar-refractivity contribution in [3.8, 4) is 11.1 Å². The number of fused-ring (bicyclic) bond motifs is 3. The van der Waals surface area contributed by atoms with Crippen LogP contribution in [0.15, 0.2) is 46.7 Å². The van der Waals surface area contributed by atoms with E-state index in [1.807, 2.05) is 41.5 Å². The first-order valence-electron chi connectivity index (χ1n) is 22.2. The molecule has 3 aliphatic carbocycles. The van der Waals surface area contributed by atoms with Gasteiger partial charge in [0.2, 0.25) is 0 Å². The van der Waals surface area contributed by atoms with Crippen LogP contribution in [-0.2, 0) is 24.6 Å². The first-order valence-corrected chi connectivity index (χ1v) is 22.2. The lowest BCUT2D eigenvalue weighted by Crippen LogP contribution is -2.33. The summed E-state index contributed by atoms with van der Waals surface area (Å²) in [5.74, 6) is 0. The fourth-order valence-corrected chi connectivity index (χ4v) is 10.0. The summed E-state index contributed by atoms with van der Waals surface area (Å²) in [5, 5.41) is 9.55. The highest BCUT2D eigenvalue weighted by atomic mass is 16.7. The standard InChI is InChI=1S/C47H70N4O6/c1-9-45(25-17-18-26-45)41(48-56-43(52)50(11-3)12-4)35-21-23-39-37(33-35)38-34-36(22-24-40(38)47(39,29-31-54-15-7)30-32-55-16-8)42(46(10-2)27-19-20-28-46)49-57-44(53)51(13-5)14-6/h21-24,33-34H,9-20,25-32H2,1-8H3/b48-41-,49-42-. The van der Waals surface area contributed by atoms with Gasteiger partial charge in [-0.05, 0) is 127 Å². The van der Waals surface area contributed by atoms with Gasteiger partial charge >= 0.3 is 12.2 Å². The van der Waals surface area contributed by atoms with Gasteiger partial charge in [0.1, 0.15) is 0 Å². The average molecular weight is 787 g/mol. The van der Waals surface area contributed by atoms with Gasteiger partial charge in [-0.3, -0.25) is 9.68 Å². The molecule has 2 aromatic carbocycles. The second-order valence-electron chi connectivity index (χ2n) is 16.1. The van der Waals surface area contributed by atoms with Gasteiger partial charge in [-0.25, -0.2) is 9.59 Å². The summed E-state index contributed by atoms with van der Waals surface area (Å²) >= 11 is 0. The second kappa shape index (κ2) is 20.3. The summed E-state index contributed by atoms with van der Waals surface area (Å²) in [4.78, 5) is 41.3. The number of carbonyl (C=O) groups is 2. The van der Waals surface area contributed by atoms with Gasteiger partial charge in [0.25, 0.3) is 0 Å². The predicted octanol–water partition coefficient (Wildman–Crippen LogP) is 11.1. The summed E-state index contributed by atoms with van der Waals surface area (Å²) < 4.78 is 12.1. The summed E-state index contributed by atoms with van der Waals surface area (Å²) in [6, 6.07) is 13.6. The Labute approximate surface area is 342 Å². The summed E-state index contributed by atoms with van der Waals surface area (Å²) in [6.07, 6.45) is 11.0. The highest BCUT2D eigenvalue weighted by molar-refractivity contribution is 6.08. The highest BCUT2D eigenvalue weighted by Gasteiger charge is 2.46. The Morgan fingerprint density at radius 2 is 0.947 bits per heavy atom. The Morgan fingerprint density at radius 1 is 0.579 bits per heavy atom. The van der Waals surface area contributed by atoms with Gasteiger partial charge in [-0.2, -0.15) is 0 Å². The molecule has 3 aliphatic rings. The van der Waals surface area contributed by atoms with E-state index in [4.69, 9.17) is 29.5 Å². The van der Waals surface area contributed by atoms with Crippen LogP contribution in [0.25, 0.3) is 11.1 Å². The molecule has 0 radical (unpaired) electrons. The molecule has 0 saturated heterocycles. The maximum absolute atomic E-state index is 13.2. The Kier molecular flexibility index (Phi) is 15.8. The molecule has 0 bridgehead atoms. The predicted molar refractivity (Wildman–Crippen MR) is 229 cm³/mol. The molecule has 314 valence electrons. The van der Waals surface area contributed by atoms with Gasteiger partial charge in [0, 0.05) is 80.0 Å². The normalized spacial score (nSPS) is 18.0. The zero-order chi connectivity index (χ0) is 41.1. The fraction of sp³-hybridized carbons (Fsp3) is 0.660. The molecule has 2 amide bonds. The van der Waals surface area contributed by atoms with Gasteiger partial charge in [0.05, 0.1) is 11.4 Å². The average Bonchev–Trinajstić information content (AvgIpc) is 3.98. The molecule has 0 aromatic heterocycles.